The zero-order valence-electron chi connectivity index (χ0n) is 14.3. The van der Waals surface area contributed by atoms with Crippen molar-refractivity contribution in [2.45, 2.75) is 64.0 Å². The van der Waals surface area contributed by atoms with Gasteiger partial charge in [-0.25, -0.2) is 0 Å². The van der Waals surface area contributed by atoms with E-state index >= 15 is 0 Å². The highest BCUT2D eigenvalue weighted by Crippen LogP contribution is 2.40. The lowest BCUT2D eigenvalue weighted by Gasteiger charge is -2.50. The van der Waals surface area contributed by atoms with Gasteiger partial charge < -0.3 is 15.5 Å². The van der Waals surface area contributed by atoms with Crippen molar-refractivity contribution in [3.05, 3.63) is 0 Å². The minimum atomic E-state index is 0.405. The molecule has 0 aromatic carbocycles. The lowest BCUT2D eigenvalue weighted by atomic mass is 9.69. The molecule has 2 saturated carbocycles. The highest BCUT2D eigenvalue weighted by Gasteiger charge is 2.41. The van der Waals surface area contributed by atoms with Crippen molar-refractivity contribution in [2.75, 3.05) is 34.2 Å². The Kier molecular flexibility index (Phi) is 4.83. The molecule has 2 unspecified atom stereocenters. The van der Waals surface area contributed by atoms with Gasteiger partial charge in [0, 0.05) is 24.7 Å². The van der Waals surface area contributed by atoms with Crippen LogP contribution in [0.25, 0.3) is 0 Å². The zero-order chi connectivity index (χ0) is 15.0. The molecule has 2 N–H and O–H groups in total. The van der Waals surface area contributed by atoms with Gasteiger partial charge in [-0.2, -0.15) is 0 Å². The molecule has 118 valence electrons. The third-order valence-corrected chi connectivity index (χ3v) is 5.92. The molecule has 2 fully saturated rings. The number of rotatable bonds is 5. The second-order valence-electron chi connectivity index (χ2n) is 8.50. The minimum Gasteiger partial charge on any atom is -0.327 e. The standard InChI is InChI=1S/C17H35N3/c1-16(2)10-7-15(18)14(11-16)12-20(5)13-17(19(3)4)8-6-9-17/h14-15H,6-13,18H2,1-5H3. The Hall–Kier alpha value is -0.120. The van der Waals surface area contributed by atoms with E-state index in [1.54, 1.807) is 0 Å². The molecule has 3 heteroatoms. The van der Waals surface area contributed by atoms with Crippen LogP contribution < -0.4 is 5.73 Å². The summed E-state index contributed by atoms with van der Waals surface area (Å²) < 4.78 is 0. The maximum atomic E-state index is 6.38. The largest absolute Gasteiger partial charge is 0.327 e. The van der Waals surface area contributed by atoms with E-state index in [4.69, 9.17) is 5.73 Å². The topological polar surface area (TPSA) is 32.5 Å². The summed E-state index contributed by atoms with van der Waals surface area (Å²) in [6.07, 6.45) is 7.87. The molecule has 0 aromatic rings. The van der Waals surface area contributed by atoms with E-state index in [0.717, 1.165) is 0 Å². The molecule has 3 nitrogen and oxygen atoms in total. The molecule has 0 aromatic heterocycles. The van der Waals surface area contributed by atoms with Crippen molar-refractivity contribution < 1.29 is 0 Å². The molecule has 20 heavy (non-hydrogen) atoms. The van der Waals surface area contributed by atoms with E-state index < -0.39 is 0 Å². The first-order valence-electron chi connectivity index (χ1n) is 8.36. The average Bonchev–Trinajstić information content (AvgIpc) is 2.28. The van der Waals surface area contributed by atoms with Gasteiger partial charge in [-0.3, -0.25) is 0 Å². The molecular weight excluding hydrogens is 246 g/mol. The van der Waals surface area contributed by atoms with Crippen molar-refractivity contribution in [2.24, 2.45) is 17.1 Å². The van der Waals surface area contributed by atoms with Gasteiger partial charge in [0.1, 0.15) is 0 Å². The maximum Gasteiger partial charge on any atom is 0.0330 e. The Morgan fingerprint density at radius 1 is 1.10 bits per heavy atom. The van der Waals surface area contributed by atoms with Crippen LogP contribution >= 0.6 is 0 Å². The first-order chi connectivity index (χ1) is 9.24. The van der Waals surface area contributed by atoms with Crippen LogP contribution in [-0.4, -0.2) is 55.6 Å². The first kappa shape index (κ1) is 16.3. The van der Waals surface area contributed by atoms with E-state index in [1.807, 2.05) is 0 Å². The van der Waals surface area contributed by atoms with Crippen LogP contribution in [0.5, 0.6) is 0 Å². The predicted octanol–water partition coefficient (Wildman–Crippen LogP) is 2.56. The average molecular weight is 281 g/mol. The molecule has 0 spiro atoms. The van der Waals surface area contributed by atoms with Crippen LogP contribution in [0.3, 0.4) is 0 Å². The highest BCUT2D eigenvalue weighted by atomic mass is 15.2. The normalized spacial score (nSPS) is 32.4. The number of nitrogens with two attached hydrogens (primary N) is 1. The van der Waals surface area contributed by atoms with Crippen LogP contribution in [0.1, 0.15) is 52.4 Å². The van der Waals surface area contributed by atoms with E-state index in [2.05, 4.69) is 44.8 Å². The molecule has 0 saturated heterocycles. The molecule has 2 aliphatic rings. The monoisotopic (exact) mass is 281 g/mol. The Balaban J connectivity index is 1.88. The van der Waals surface area contributed by atoms with Crippen LogP contribution in [0.2, 0.25) is 0 Å². The SMILES string of the molecule is CN(CC1CC(C)(C)CCC1N)CC1(N(C)C)CCC1. The van der Waals surface area contributed by atoms with Gasteiger partial charge in [0.2, 0.25) is 0 Å². The van der Waals surface area contributed by atoms with Crippen molar-refractivity contribution in [3.8, 4) is 0 Å². The summed E-state index contributed by atoms with van der Waals surface area (Å²) in [6.45, 7) is 7.17. The molecule has 2 aliphatic carbocycles. The van der Waals surface area contributed by atoms with Crippen LogP contribution in [0, 0.1) is 11.3 Å². The molecule has 0 bridgehead atoms. The Morgan fingerprint density at radius 3 is 2.25 bits per heavy atom. The second kappa shape index (κ2) is 5.94. The molecule has 2 rings (SSSR count). The third-order valence-electron chi connectivity index (χ3n) is 5.92. The Labute approximate surface area is 125 Å². The van der Waals surface area contributed by atoms with Crippen molar-refractivity contribution in [1.29, 1.82) is 0 Å². The summed E-state index contributed by atoms with van der Waals surface area (Å²) in [4.78, 5) is 4.99. The van der Waals surface area contributed by atoms with Gasteiger partial charge in [-0.1, -0.05) is 13.8 Å². The fraction of sp³-hybridized carbons (Fsp3) is 1.00. The molecule has 0 amide bonds. The Bertz CT molecular complexity index is 320. The predicted molar refractivity (Wildman–Crippen MR) is 86.9 cm³/mol. The summed E-state index contributed by atoms with van der Waals surface area (Å²) in [5, 5.41) is 0. The fourth-order valence-corrected chi connectivity index (χ4v) is 4.26. The molecule has 2 atom stereocenters. The van der Waals surface area contributed by atoms with Gasteiger partial charge in [0.15, 0.2) is 0 Å². The van der Waals surface area contributed by atoms with Gasteiger partial charge in [0.05, 0.1) is 0 Å². The summed E-state index contributed by atoms with van der Waals surface area (Å²) in [5.74, 6) is 0.669. The lowest BCUT2D eigenvalue weighted by molar-refractivity contribution is 0.0174. The minimum absolute atomic E-state index is 0.405. The van der Waals surface area contributed by atoms with Gasteiger partial charge in [-0.05, 0) is 71.0 Å². The smallest absolute Gasteiger partial charge is 0.0330 e. The van der Waals surface area contributed by atoms with E-state index in [0.29, 0.717) is 22.9 Å². The van der Waals surface area contributed by atoms with Crippen molar-refractivity contribution in [1.82, 2.24) is 9.80 Å². The van der Waals surface area contributed by atoms with Gasteiger partial charge in [-0.15, -0.1) is 0 Å². The molecule has 0 radical (unpaired) electrons. The zero-order valence-corrected chi connectivity index (χ0v) is 14.3. The third kappa shape index (κ3) is 3.55. The quantitative estimate of drug-likeness (QED) is 0.840. The van der Waals surface area contributed by atoms with Crippen LogP contribution in [0.4, 0.5) is 0 Å². The fourth-order valence-electron chi connectivity index (χ4n) is 4.26. The first-order valence-corrected chi connectivity index (χ1v) is 8.36. The van der Waals surface area contributed by atoms with Gasteiger partial charge >= 0.3 is 0 Å². The lowest BCUT2D eigenvalue weighted by Crippen LogP contribution is -2.57. The molecular formula is C17H35N3. The van der Waals surface area contributed by atoms with Crippen LogP contribution in [-0.2, 0) is 0 Å². The highest BCUT2D eigenvalue weighted by molar-refractivity contribution is 4.98. The summed E-state index contributed by atoms with van der Waals surface area (Å²) in [7, 11) is 6.77. The Morgan fingerprint density at radius 2 is 1.75 bits per heavy atom. The van der Waals surface area contributed by atoms with Gasteiger partial charge in [0.25, 0.3) is 0 Å². The number of hydrogen-bond donors (Lipinski definition) is 1. The van der Waals surface area contributed by atoms with Crippen molar-refractivity contribution >= 4 is 0 Å². The van der Waals surface area contributed by atoms with Crippen molar-refractivity contribution in [3.63, 3.8) is 0 Å². The van der Waals surface area contributed by atoms with Crippen LogP contribution in [0.15, 0.2) is 0 Å². The summed E-state index contributed by atoms with van der Waals surface area (Å²) >= 11 is 0. The second-order valence-corrected chi connectivity index (χ2v) is 8.50. The van der Waals surface area contributed by atoms with E-state index in [-0.39, 0.29) is 0 Å². The van der Waals surface area contributed by atoms with E-state index in [1.165, 1.54) is 51.6 Å². The number of hydrogen-bond acceptors (Lipinski definition) is 3. The number of nitrogens with zero attached hydrogens (tertiary/aromatic N) is 2. The number of likely N-dealkylation sites (N-methyl/N-ethyl adjacent to an activating group) is 2. The summed E-state index contributed by atoms with van der Waals surface area (Å²) in [5.41, 5.74) is 7.30. The molecule has 0 heterocycles. The van der Waals surface area contributed by atoms with E-state index in [9.17, 15) is 0 Å². The summed E-state index contributed by atoms with van der Waals surface area (Å²) in [6, 6.07) is 0.405. The maximum absolute atomic E-state index is 6.38. The molecule has 0 aliphatic heterocycles.